The molecule has 0 radical (unpaired) electrons. The summed E-state index contributed by atoms with van der Waals surface area (Å²) in [5.41, 5.74) is 0.470. The van der Waals surface area contributed by atoms with Crippen LogP contribution in [-0.2, 0) is 20.0 Å². The van der Waals surface area contributed by atoms with Crippen LogP contribution in [0.5, 0.6) is 0 Å². The van der Waals surface area contributed by atoms with Crippen molar-refractivity contribution in [2.75, 3.05) is 9.44 Å². The number of furan rings is 1. The maximum Gasteiger partial charge on any atom is 0.269 e. The predicted molar refractivity (Wildman–Crippen MR) is 142 cm³/mol. The van der Waals surface area contributed by atoms with Crippen molar-refractivity contribution in [1.82, 2.24) is 0 Å². The van der Waals surface area contributed by atoms with Crippen molar-refractivity contribution >= 4 is 64.7 Å². The zero-order chi connectivity index (χ0) is 27.9. The highest BCUT2D eigenvalue weighted by Gasteiger charge is 2.20. The first-order valence-corrected chi connectivity index (χ1v) is 13.9. The highest BCUT2D eigenvalue weighted by atomic mass is 32.2. The van der Waals surface area contributed by atoms with Crippen molar-refractivity contribution in [2.24, 2.45) is 0 Å². The third-order valence-electron chi connectivity index (χ3n) is 5.69. The SMILES string of the molecule is O=[N+]([O-])c1ccc(NS(=O)(=O)c2ccc3oc4ccc(S(=O)(=O)Nc5ccc([N+](=O)[O-])cc5)cc4c3c2)cc1. The highest BCUT2D eigenvalue weighted by molar-refractivity contribution is 7.93. The van der Waals surface area contributed by atoms with Gasteiger partial charge in [-0.1, -0.05) is 0 Å². The molecule has 2 N–H and O–H groups in total. The van der Waals surface area contributed by atoms with Gasteiger partial charge in [0.2, 0.25) is 0 Å². The van der Waals surface area contributed by atoms with Crippen LogP contribution >= 0.6 is 0 Å². The number of anilines is 2. The first-order valence-electron chi connectivity index (χ1n) is 10.9. The highest BCUT2D eigenvalue weighted by Crippen LogP contribution is 2.33. The van der Waals surface area contributed by atoms with Gasteiger partial charge in [0.25, 0.3) is 31.4 Å². The van der Waals surface area contributed by atoms with E-state index in [4.69, 9.17) is 4.42 Å². The van der Waals surface area contributed by atoms with Crippen molar-refractivity contribution in [2.45, 2.75) is 9.79 Å². The monoisotopic (exact) mass is 568 g/mol. The van der Waals surface area contributed by atoms with E-state index in [0.717, 1.165) is 24.3 Å². The van der Waals surface area contributed by atoms with Gasteiger partial charge >= 0.3 is 0 Å². The Labute approximate surface area is 220 Å². The van der Waals surface area contributed by atoms with Crippen LogP contribution in [0.3, 0.4) is 0 Å². The van der Waals surface area contributed by atoms with E-state index < -0.39 is 29.9 Å². The molecule has 0 aliphatic carbocycles. The van der Waals surface area contributed by atoms with E-state index in [9.17, 15) is 37.1 Å². The summed E-state index contributed by atoms with van der Waals surface area (Å²) in [4.78, 5) is 20.2. The Hall–Kier alpha value is -5.02. The molecule has 198 valence electrons. The van der Waals surface area contributed by atoms with E-state index in [2.05, 4.69) is 9.44 Å². The quantitative estimate of drug-likeness (QED) is 0.191. The summed E-state index contributed by atoms with van der Waals surface area (Å²) in [7, 11) is -8.23. The lowest BCUT2D eigenvalue weighted by atomic mass is 10.1. The number of hydrogen-bond acceptors (Lipinski definition) is 9. The van der Waals surface area contributed by atoms with Gasteiger partial charge in [-0.25, -0.2) is 16.8 Å². The minimum atomic E-state index is -4.11. The molecule has 15 heteroatoms. The molecule has 4 aromatic carbocycles. The molecule has 1 heterocycles. The Kier molecular flexibility index (Phi) is 6.16. The molecule has 0 aliphatic heterocycles. The van der Waals surface area contributed by atoms with Crippen LogP contribution in [0.4, 0.5) is 22.7 Å². The summed E-state index contributed by atoms with van der Waals surface area (Å²) < 4.78 is 62.4. The van der Waals surface area contributed by atoms with Gasteiger partial charge in [-0.05, 0) is 60.7 Å². The first-order chi connectivity index (χ1) is 18.4. The largest absolute Gasteiger partial charge is 0.456 e. The van der Waals surface area contributed by atoms with Crippen LogP contribution < -0.4 is 9.44 Å². The van der Waals surface area contributed by atoms with E-state index in [1.54, 1.807) is 0 Å². The summed E-state index contributed by atoms with van der Waals surface area (Å²) in [6.07, 6.45) is 0. The van der Waals surface area contributed by atoms with Gasteiger partial charge in [0.1, 0.15) is 11.2 Å². The molecule has 5 rings (SSSR count). The van der Waals surface area contributed by atoms with Crippen LogP contribution in [0, 0.1) is 20.2 Å². The van der Waals surface area contributed by atoms with Crippen molar-refractivity contribution in [1.29, 1.82) is 0 Å². The van der Waals surface area contributed by atoms with E-state index >= 15 is 0 Å². The molecule has 0 atom stereocenters. The fourth-order valence-corrected chi connectivity index (χ4v) is 5.97. The predicted octanol–water partition coefficient (Wildman–Crippen LogP) is 5.00. The van der Waals surface area contributed by atoms with Gasteiger partial charge < -0.3 is 4.42 Å². The molecule has 0 saturated carbocycles. The maximum absolute atomic E-state index is 13.0. The molecule has 0 bridgehead atoms. The summed E-state index contributed by atoms with van der Waals surface area (Å²) in [6, 6.07) is 17.8. The van der Waals surface area contributed by atoms with Crippen molar-refractivity contribution < 1.29 is 31.1 Å². The number of nitro groups is 2. The summed E-state index contributed by atoms with van der Waals surface area (Å²) in [6.45, 7) is 0. The Balaban J connectivity index is 1.48. The third-order valence-corrected chi connectivity index (χ3v) is 8.45. The average molecular weight is 569 g/mol. The van der Waals surface area contributed by atoms with Gasteiger partial charge in [-0.15, -0.1) is 0 Å². The molecule has 13 nitrogen and oxygen atoms in total. The van der Waals surface area contributed by atoms with Crippen molar-refractivity contribution in [3.63, 3.8) is 0 Å². The number of nitro benzene ring substituents is 2. The van der Waals surface area contributed by atoms with E-state index in [1.165, 1.54) is 60.7 Å². The lowest BCUT2D eigenvalue weighted by Gasteiger charge is -2.08. The second kappa shape index (κ2) is 9.38. The molecule has 0 fully saturated rings. The second-order valence-electron chi connectivity index (χ2n) is 8.24. The third kappa shape index (κ3) is 5.07. The van der Waals surface area contributed by atoms with E-state index in [0.29, 0.717) is 21.9 Å². The smallest absolute Gasteiger partial charge is 0.269 e. The van der Waals surface area contributed by atoms with Gasteiger partial charge in [0.15, 0.2) is 0 Å². The molecule has 0 saturated heterocycles. The fraction of sp³-hybridized carbons (Fsp3) is 0. The fourth-order valence-electron chi connectivity index (χ4n) is 3.80. The summed E-state index contributed by atoms with van der Waals surface area (Å²) >= 11 is 0. The number of nitrogens with one attached hydrogen (secondary N) is 2. The van der Waals surface area contributed by atoms with Crippen LogP contribution in [-0.4, -0.2) is 26.7 Å². The summed E-state index contributed by atoms with van der Waals surface area (Å²) in [5, 5.41) is 22.3. The molecule has 0 amide bonds. The molecular formula is C24H16N4O9S2. The van der Waals surface area contributed by atoms with Crippen molar-refractivity contribution in [3.05, 3.63) is 105 Å². The lowest BCUT2D eigenvalue weighted by molar-refractivity contribution is -0.385. The van der Waals surface area contributed by atoms with Crippen LogP contribution in [0.15, 0.2) is 99.1 Å². The Morgan fingerprint density at radius 3 is 1.26 bits per heavy atom. The topological polar surface area (TPSA) is 192 Å². The number of sulfonamides is 2. The minimum absolute atomic E-state index is 0.114. The maximum atomic E-state index is 13.0. The molecule has 0 unspecified atom stereocenters. The normalized spacial score (nSPS) is 11.9. The van der Waals surface area contributed by atoms with Crippen LogP contribution in [0.25, 0.3) is 21.9 Å². The molecule has 39 heavy (non-hydrogen) atoms. The summed E-state index contributed by atoms with van der Waals surface area (Å²) in [5.74, 6) is 0. The zero-order valence-corrected chi connectivity index (χ0v) is 21.1. The van der Waals surface area contributed by atoms with E-state index in [1.807, 2.05) is 0 Å². The van der Waals surface area contributed by atoms with Crippen LogP contribution in [0.2, 0.25) is 0 Å². The van der Waals surface area contributed by atoms with E-state index in [-0.39, 0.29) is 32.5 Å². The number of benzene rings is 4. The minimum Gasteiger partial charge on any atom is -0.456 e. The lowest BCUT2D eigenvalue weighted by Crippen LogP contribution is -2.13. The van der Waals surface area contributed by atoms with Crippen molar-refractivity contribution in [3.8, 4) is 0 Å². The van der Waals surface area contributed by atoms with Gasteiger partial charge in [-0.3, -0.25) is 29.7 Å². The van der Waals surface area contributed by atoms with Gasteiger partial charge in [0, 0.05) is 46.4 Å². The zero-order valence-electron chi connectivity index (χ0n) is 19.5. The Morgan fingerprint density at radius 1 is 0.564 bits per heavy atom. The standard InChI is InChI=1S/C24H16N4O9S2/c29-27(30)17-5-1-15(2-6-17)25-38(33,34)19-9-11-23-21(13-19)22-14-20(10-12-24(22)37-23)39(35,36)26-16-3-7-18(8-4-16)28(31)32/h1-14,25-26H. The molecular weight excluding hydrogens is 552 g/mol. The number of nitrogens with zero attached hydrogens (tertiary/aromatic N) is 2. The first kappa shape index (κ1) is 25.6. The Morgan fingerprint density at radius 2 is 0.923 bits per heavy atom. The molecule has 0 aliphatic rings. The van der Waals surface area contributed by atoms with Gasteiger partial charge in [0.05, 0.1) is 19.6 Å². The number of non-ortho nitro benzene ring substituents is 2. The van der Waals surface area contributed by atoms with Gasteiger partial charge in [-0.2, -0.15) is 0 Å². The van der Waals surface area contributed by atoms with Crippen LogP contribution in [0.1, 0.15) is 0 Å². The Bertz CT molecular complexity index is 1840. The number of rotatable bonds is 8. The molecule has 1 aromatic heterocycles. The molecule has 5 aromatic rings. The average Bonchev–Trinajstić information content (AvgIpc) is 3.26. The molecule has 0 spiro atoms. The number of fused-ring (bicyclic) bond motifs is 3. The second-order valence-corrected chi connectivity index (χ2v) is 11.6. The number of hydrogen-bond donors (Lipinski definition) is 2.